The molecule has 1 aliphatic heterocycles. The quantitative estimate of drug-likeness (QED) is 0.705. The molecule has 2 nitrogen and oxygen atoms in total. The van der Waals surface area contributed by atoms with Gasteiger partial charge in [0, 0.05) is 13.2 Å². The number of benzene rings is 2. The normalized spacial score (nSPS) is 21.0. The van der Waals surface area contributed by atoms with E-state index in [1.54, 1.807) is 0 Å². The van der Waals surface area contributed by atoms with Crippen LogP contribution in [0.15, 0.2) is 60.7 Å². The molecule has 0 unspecified atom stereocenters. The smallest absolute Gasteiger partial charge is 0.0629 e. The fraction of sp³-hybridized carbons (Fsp3) is 0.478. The van der Waals surface area contributed by atoms with E-state index in [0.717, 1.165) is 26.1 Å². The molecule has 0 amide bonds. The van der Waals surface area contributed by atoms with E-state index in [4.69, 9.17) is 4.74 Å². The Morgan fingerprint density at radius 2 is 1.72 bits per heavy atom. The van der Waals surface area contributed by atoms with E-state index in [1.807, 2.05) is 0 Å². The van der Waals surface area contributed by atoms with Crippen LogP contribution in [-0.2, 0) is 11.3 Å². The minimum absolute atomic E-state index is 0.00736. The van der Waals surface area contributed by atoms with Crippen molar-refractivity contribution in [2.75, 3.05) is 13.2 Å². The molecule has 0 aliphatic carbocycles. The summed E-state index contributed by atoms with van der Waals surface area (Å²) in [5, 5.41) is 3.63. The highest BCUT2D eigenvalue weighted by atomic mass is 16.5. The van der Waals surface area contributed by atoms with Gasteiger partial charge in [-0.05, 0) is 62.6 Å². The first-order valence-corrected chi connectivity index (χ1v) is 9.58. The van der Waals surface area contributed by atoms with Gasteiger partial charge in [0.15, 0.2) is 0 Å². The topological polar surface area (TPSA) is 21.3 Å². The second-order valence-corrected chi connectivity index (χ2v) is 7.83. The Kier molecular flexibility index (Phi) is 6.28. The summed E-state index contributed by atoms with van der Waals surface area (Å²) in [7, 11) is 0. The van der Waals surface area contributed by atoms with Gasteiger partial charge in [-0.15, -0.1) is 0 Å². The molecule has 1 saturated heterocycles. The Morgan fingerprint density at radius 3 is 2.40 bits per heavy atom. The average Bonchev–Trinajstić information content (AvgIpc) is 2.62. The van der Waals surface area contributed by atoms with Gasteiger partial charge in [0.25, 0.3) is 0 Å². The molecule has 0 aromatic heterocycles. The first-order chi connectivity index (χ1) is 12.1. The summed E-state index contributed by atoms with van der Waals surface area (Å²) >= 11 is 0. The minimum atomic E-state index is 0.00736. The van der Waals surface area contributed by atoms with Gasteiger partial charge in [0.2, 0.25) is 0 Å². The van der Waals surface area contributed by atoms with Gasteiger partial charge in [0.05, 0.1) is 5.60 Å². The summed E-state index contributed by atoms with van der Waals surface area (Å²) in [5.74, 6) is 1.30. The van der Waals surface area contributed by atoms with Crippen LogP contribution in [0.3, 0.4) is 0 Å². The molecule has 0 radical (unpaired) electrons. The third-order valence-corrected chi connectivity index (χ3v) is 5.34. The van der Waals surface area contributed by atoms with Crippen LogP contribution in [0.4, 0.5) is 0 Å². The van der Waals surface area contributed by atoms with Crippen molar-refractivity contribution in [2.45, 2.75) is 51.2 Å². The van der Waals surface area contributed by atoms with Gasteiger partial charge in [-0.25, -0.2) is 0 Å². The Bertz CT molecular complexity index is 623. The molecule has 0 saturated carbocycles. The number of rotatable bonds is 7. The van der Waals surface area contributed by atoms with Crippen molar-refractivity contribution in [1.29, 1.82) is 0 Å². The van der Waals surface area contributed by atoms with Gasteiger partial charge < -0.3 is 10.1 Å². The van der Waals surface area contributed by atoms with Crippen LogP contribution in [0.25, 0.3) is 0 Å². The predicted octanol–water partition coefficient (Wildman–Crippen LogP) is 5.16. The Labute approximate surface area is 152 Å². The van der Waals surface area contributed by atoms with Gasteiger partial charge >= 0.3 is 0 Å². The van der Waals surface area contributed by atoms with E-state index in [0.29, 0.717) is 11.8 Å². The maximum absolute atomic E-state index is 5.95. The lowest BCUT2D eigenvalue weighted by atomic mass is 9.75. The summed E-state index contributed by atoms with van der Waals surface area (Å²) < 4.78 is 5.95. The van der Waals surface area contributed by atoms with Crippen molar-refractivity contribution < 1.29 is 4.74 Å². The van der Waals surface area contributed by atoms with Gasteiger partial charge in [-0.2, -0.15) is 0 Å². The zero-order valence-electron chi connectivity index (χ0n) is 15.6. The number of hydrogen-bond acceptors (Lipinski definition) is 2. The molecule has 2 heteroatoms. The lowest BCUT2D eigenvalue weighted by Gasteiger charge is -2.39. The maximum Gasteiger partial charge on any atom is 0.0629 e. The first-order valence-electron chi connectivity index (χ1n) is 9.58. The summed E-state index contributed by atoms with van der Waals surface area (Å²) in [6.45, 7) is 7.34. The third kappa shape index (κ3) is 5.42. The average molecular weight is 338 g/mol. The highest BCUT2D eigenvalue weighted by Gasteiger charge is 2.33. The van der Waals surface area contributed by atoms with E-state index >= 15 is 0 Å². The standard InChI is InChI=1S/C23H31NO/c1-23(2)17-21(14-16-25-23)22(20-11-7-4-8-12-20)13-15-24-18-19-9-5-3-6-10-19/h3-12,21-22,24H,13-18H2,1-2H3/t21-,22+/m0/s1. The van der Waals surface area contributed by atoms with Crippen molar-refractivity contribution in [3.05, 3.63) is 71.8 Å². The van der Waals surface area contributed by atoms with Crippen LogP contribution in [0, 0.1) is 5.92 Å². The Morgan fingerprint density at radius 1 is 1.04 bits per heavy atom. The molecule has 1 aliphatic rings. The molecule has 0 spiro atoms. The summed E-state index contributed by atoms with van der Waals surface area (Å²) in [6.07, 6.45) is 3.49. The highest BCUT2D eigenvalue weighted by Crippen LogP contribution is 2.39. The Balaban J connectivity index is 1.61. The third-order valence-electron chi connectivity index (χ3n) is 5.34. The molecule has 25 heavy (non-hydrogen) atoms. The van der Waals surface area contributed by atoms with Gasteiger partial charge in [0.1, 0.15) is 0 Å². The molecule has 134 valence electrons. The van der Waals surface area contributed by atoms with Crippen molar-refractivity contribution in [3.8, 4) is 0 Å². The van der Waals surface area contributed by atoms with Crippen LogP contribution in [-0.4, -0.2) is 18.8 Å². The molecular weight excluding hydrogens is 306 g/mol. The molecule has 1 fully saturated rings. The van der Waals surface area contributed by atoms with E-state index < -0.39 is 0 Å². The second-order valence-electron chi connectivity index (χ2n) is 7.83. The molecule has 2 aromatic carbocycles. The molecule has 1 N–H and O–H groups in total. The van der Waals surface area contributed by atoms with Crippen molar-refractivity contribution in [3.63, 3.8) is 0 Å². The predicted molar refractivity (Wildman–Crippen MR) is 105 cm³/mol. The van der Waals surface area contributed by atoms with Crippen LogP contribution < -0.4 is 5.32 Å². The molecule has 2 aromatic rings. The first kappa shape index (κ1) is 18.2. The van der Waals surface area contributed by atoms with E-state index in [1.165, 1.54) is 24.0 Å². The van der Waals surface area contributed by atoms with Crippen LogP contribution in [0.5, 0.6) is 0 Å². The summed E-state index contributed by atoms with van der Waals surface area (Å²) in [5.41, 5.74) is 2.84. The maximum atomic E-state index is 5.95. The van der Waals surface area contributed by atoms with Gasteiger partial charge in [-0.1, -0.05) is 60.7 Å². The van der Waals surface area contributed by atoms with E-state index in [-0.39, 0.29) is 5.60 Å². The Hall–Kier alpha value is -1.64. The SMILES string of the molecule is CC1(C)C[C@@H]([C@H](CCNCc2ccccc2)c2ccccc2)CCO1. The number of nitrogens with one attached hydrogen (secondary N) is 1. The lowest BCUT2D eigenvalue weighted by Crippen LogP contribution is -2.36. The van der Waals surface area contributed by atoms with Crippen molar-refractivity contribution in [2.24, 2.45) is 5.92 Å². The molecule has 0 bridgehead atoms. The fourth-order valence-corrected chi connectivity index (χ4v) is 4.08. The molecular formula is C23H31NO. The van der Waals surface area contributed by atoms with Crippen LogP contribution in [0.2, 0.25) is 0 Å². The monoisotopic (exact) mass is 337 g/mol. The second kappa shape index (κ2) is 8.64. The zero-order valence-corrected chi connectivity index (χ0v) is 15.6. The number of ether oxygens (including phenoxy) is 1. The van der Waals surface area contributed by atoms with Crippen LogP contribution >= 0.6 is 0 Å². The summed E-state index contributed by atoms with van der Waals surface area (Å²) in [4.78, 5) is 0. The van der Waals surface area contributed by atoms with Crippen molar-refractivity contribution >= 4 is 0 Å². The van der Waals surface area contributed by atoms with E-state index in [9.17, 15) is 0 Å². The number of hydrogen-bond donors (Lipinski definition) is 1. The van der Waals surface area contributed by atoms with Crippen LogP contribution in [0.1, 0.15) is 50.2 Å². The zero-order chi connectivity index (χ0) is 17.5. The minimum Gasteiger partial charge on any atom is -0.376 e. The van der Waals surface area contributed by atoms with E-state index in [2.05, 4.69) is 79.8 Å². The molecule has 3 rings (SSSR count). The molecule has 1 heterocycles. The molecule has 2 atom stereocenters. The van der Waals surface area contributed by atoms with Gasteiger partial charge in [-0.3, -0.25) is 0 Å². The largest absolute Gasteiger partial charge is 0.376 e. The fourth-order valence-electron chi connectivity index (χ4n) is 4.08. The highest BCUT2D eigenvalue weighted by molar-refractivity contribution is 5.21. The van der Waals surface area contributed by atoms with Crippen molar-refractivity contribution in [1.82, 2.24) is 5.32 Å². The summed E-state index contributed by atoms with van der Waals surface area (Å²) in [6, 6.07) is 21.7. The lowest BCUT2D eigenvalue weighted by molar-refractivity contribution is -0.0771.